The summed E-state index contributed by atoms with van der Waals surface area (Å²) in [6.45, 7) is 1.65. The van der Waals surface area contributed by atoms with Crippen LogP contribution in [0.1, 0.15) is 30.0 Å². The standard InChI is InChI=1S/C15H20F3N3O4S/c1-9-8-26-13(20-9)14(25,15(16,17)18)5-11(23)19-6-10(22)7-21-4-2-3-12(21)24/h8,10,22,25H,2-7H2,1H3,(H,19,23)/t10-,14-/m1/s1. The third kappa shape index (κ3) is 4.71. The van der Waals surface area contributed by atoms with E-state index in [1.54, 1.807) is 0 Å². The summed E-state index contributed by atoms with van der Waals surface area (Å²) in [5.74, 6) is -1.19. The van der Waals surface area contributed by atoms with Gasteiger partial charge in [-0.1, -0.05) is 0 Å². The summed E-state index contributed by atoms with van der Waals surface area (Å²) in [5, 5.41) is 22.8. The Bertz CT molecular complexity index is 667. The number of aromatic nitrogens is 1. The van der Waals surface area contributed by atoms with Gasteiger partial charge in [0.05, 0.1) is 12.5 Å². The van der Waals surface area contributed by atoms with Crippen LogP contribution in [0.15, 0.2) is 5.38 Å². The Morgan fingerprint density at radius 1 is 1.50 bits per heavy atom. The third-order valence-electron chi connectivity index (χ3n) is 4.00. The second-order valence-corrected chi connectivity index (χ2v) is 7.09. The van der Waals surface area contributed by atoms with E-state index >= 15 is 0 Å². The van der Waals surface area contributed by atoms with Crippen LogP contribution in [0.25, 0.3) is 0 Å². The fraction of sp³-hybridized carbons (Fsp3) is 0.667. The molecule has 0 unspecified atom stereocenters. The molecule has 0 aromatic carbocycles. The van der Waals surface area contributed by atoms with Crippen LogP contribution < -0.4 is 5.32 Å². The number of rotatable bonds is 7. The molecule has 1 saturated heterocycles. The molecule has 1 aromatic rings. The predicted molar refractivity (Wildman–Crippen MR) is 86.3 cm³/mol. The molecule has 2 heterocycles. The van der Waals surface area contributed by atoms with Gasteiger partial charge >= 0.3 is 6.18 Å². The maximum Gasteiger partial charge on any atom is 0.424 e. The first-order chi connectivity index (χ1) is 12.0. The fourth-order valence-electron chi connectivity index (χ4n) is 2.58. The second kappa shape index (κ2) is 7.89. The zero-order valence-corrected chi connectivity index (χ0v) is 14.9. The van der Waals surface area contributed by atoms with Crippen LogP contribution >= 0.6 is 11.3 Å². The maximum absolute atomic E-state index is 13.3. The molecule has 2 amide bonds. The lowest BCUT2D eigenvalue weighted by molar-refractivity contribution is -0.267. The molecule has 26 heavy (non-hydrogen) atoms. The number of carbonyl (C=O) groups excluding carboxylic acids is 2. The molecule has 11 heteroatoms. The molecule has 0 bridgehead atoms. The van der Waals surface area contributed by atoms with Crippen LogP contribution in [0.2, 0.25) is 0 Å². The van der Waals surface area contributed by atoms with Crippen molar-refractivity contribution in [3.8, 4) is 0 Å². The Morgan fingerprint density at radius 3 is 2.69 bits per heavy atom. The number of likely N-dealkylation sites (tertiary alicyclic amines) is 1. The first kappa shape index (κ1) is 20.6. The highest BCUT2D eigenvalue weighted by atomic mass is 32.1. The number of halogens is 3. The lowest BCUT2D eigenvalue weighted by Gasteiger charge is -2.28. The molecule has 0 saturated carbocycles. The van der Waals surface area contributed by atoms with Gasteiger partial charge in [-0.2, -0.15) is 13.2 Å². The summed E-state index contributed by atoms with van der Waals surface area (Å²) in [4.78, 5) is 28.5. The molecule has 1 fully saturated rings. The average Bonchev–Trinajstić information content (AvgIpc) is 3.13. The van der Waals surface area contributed by atoms with Gasteiger partial charge in [0.1, 0.15) is 5.01 Å². The third-order valence-corrected chi connectivity index (χ3v) is 5.11. The summed E-state index contributed by atoms with van der Waals surface area (Å²) >= 11 is 0.617. The fourth-order valence-corrected chi connectivity index (χ4v) is 3.50. The van der Waals surface area contributed by atoms with Crippen molar-refractivity contribution in [1.29, 1.82) is 0 Å². The molecule has 2 atom stereocenters. The van der Waals surface area contributed by atoms with E-state index in [1.165, 1.54) is 17.2 Å². The van der Waals surface area contributed by atoms with E-state index in [9.17, 15) is 33.0 Å². The number of nitrogens with zero attached hydrogens (tertiary/aromatic N) is 2. The molecular weight excluding hydrogens is 375 g/mol. The number of aryl methyl sites for hydroxylation is 1. The Labute approximate surface area is 151 Å². The zero-order chi connectivity index (χ0) is 19.5. The van der Waals surface area contributed by atoms with Gasteiger partial charge in [-0.15, -0.1) is 11.3 Å². The van der Waals surface area contributed by atoms with Crippen LogP contribution in [-0.2, 0) is 15.2 Å². The van der Waals surface area contributed by atoms with E-state index < -0.39 is 35.2 Å². The Kier molecular flexibility index (Phi) is 6.25. The molecule has 1 aliphatic rings. The first-order valence-corrected chi connectivity index (χ1v) is 8.85. The summed E-state index contributed by atoms with van der Waals surface area (Å²) in [5.41, 5.74) is -3.09. The molecule has 0 spiro atoms. The molecule has 2 rings (SSSR count). The number of hydrogen-bond acceptors (Lipinski definition) is 6. The van der Waals surface area contributed by atoms with E-state index in [0.717, 1.165) is 0 Å². The zero-order valence-electron chi connectivity index (χ0n) is 14.0. The second-order valence-electron chi connectivity index (χ2n) is 6.23. The van der Waals surface area contributed by atoms with Gasteiger partial charge in [-0.05, 0) is 13.3 Å². The van der Waals surface area contributed by atoms with Crippen LogP contribution in [0, 0.1) is 6.92 Å². The van der Waals surface area contributed by atoms with Gasteiger partial charge in [0.2, 0.25) is 17.4 Å². The minimum absolute atomic E-state index is 0.00563. The number of aliphatic hydroxyl groups excluding tert-OH is 1. The molecule has 7 nitrogen and oxygen atoms in total. The highest BCUT2D eigenvalue weighted by Crippen LogP contribution is 2.42. The SMILES string of the molecule is Cc1csc([C@](O)(CC(=O)NC[C@@H](O)CN2CCCC2=O)C(F)(F)F)n1. The van der Waals surface area contributed by atoms with Gasteiger partial charge in [0, 0.05) is 37.1 Å². The van der Waals surface area contributed by atoms with Crippen molar-refractivity contribution in [2.75, 3.05) is 19.6 Å². The largest absolute Gasteiger partial charge is 0.424 e. The summed E-state index contributed by atoms with van der Waals surface area (Å²) in [6, 6.07) is 0. The van der Waals surface area contributed by atoms with Crippen LogP contribution in [0.5, 0.6) is 0 Å². The van der Waals surface area contributed by atoms with Crippen molar-refractivity contribution >= 4 is 23.2 Å². The van der Waals surface area contributed by atoms with Crippen molar-refractivity contribution in [2.24, 2.45) is 0 Å². The number of amides is 2. The molecule has 1 aromatic heterocycles. The van der Waals surface area contributed by atoms with Crippen molar-refractivity contribution in [3.05, 3.63) is 16.1 Å². The van der Waals surface area contributed by atoms with Gasteiger partial charge in [-0.3, -0.25) is 9.59 Å². The first-order valence-electron chi connectivity index (χ1n) is 7.97. The van der Waals surface area contributed by atoms with Gasteiger partial charge in [-0.25, -0.2) is 4.98 Å². The summed E-state index contributed by atoms with van der Waals surface area (Å²) < 4.78 is 39.9. The average molecular weight is 395 g/mol. The summed E-state index contributed by atoms with van der Waals surface area (Å²) in [7, 11) is 0. The molecule has 1 aliphatic heterocycles. The predicted octanol–water partition coefficient (Wildman–Crippen LogP) is 0.691. The maximum atomic E-state index is 13.3. The highest BCUT2D eigenvalue weighted by molar-refractivity contribution is 7.09. The number of β-amino-alcohol motifs (C(OH)–C–C–N with tert-alkyl or cyclic N) is 1. The summed E-state index contributed by atoms with van der Waals surface area (Å²) in [6.07, 6.45) is -6.38. The van der Waals surface area contributed by atoms with E-state index in [0.29, 0.717) is 36.4 Å². The molecule has 3 N–H and O–H groups in total. The Balaban J connectivity index is 1.94. The normalized spacial score (nSPS) is 18.7. The number of hydrogen-bond donors (Lipinski definition) is 3. The van der Waals surface area contributed by atoms with Crippen molar-refractivity contribution in [3.63, 3.8) is 0 Å². The van der Waals surface area contributed by atoms with Crippen LogP contribution in [0.3, 0.4) is 0 Å². The van der Waals surface area contributed by atoms with Gasteiger partial charge < -0.3 is 20.4 Å². The quantitative estimate of drug-likeness (QED) is 0.631. The van der Waals surface area contributed by atoms with E-state index in [2.05, 4.69) is 10.3 Å². The van der Waals surface area contributed by atoms with Crippen LogP contribution in [-0.4, -0.2) is 63.8 Å². The number of nitrogens with one attached hydrogen (secondary N) is 1. The van der Waals surface area contributed by atoms with Crippen LogP contribution in [0.4, 0.5) is 13.2 Å². The van der Waals surface area contributed by atoms with Gasteiger partial charge in [0.25, 0.3) is 0 Å². The monoisotopic (exact) mass is 395 g/mol. The highest BCUT2D eigenvalue weighted by Gasteiger charge is 2.58. The smallest absolute Gasteiger partial charge is 0.389 e. The molecule has 146 valence electrons. The van der Waals surface area contributed by atoms with E-state index in [-0.39, 0.29) is 19.0 Å². The number of aliphatic hydroxyl groups is 2. The van der Waals surface area contributed by atoms with E-state index in [4.69, 9.17) is 0 Å². The van der Waals surface area contributed by atoms with Crippen molar-refractivity contribution < 1.29 is 33.0 Å². The number of alkyl halides is 3. The number of carbonyl (C=O) groups is 2. The van der Waals surface area contributed by atoms with Crippen molar-refractivity contribution in [2.45, 2.75) is 44.1 Å². The lowest BCUT2D eigenvalue weighted by Crippen LogP contribution is -2.47. The molecule has 0 radical (unpaired) electrons. The molecule has 0 aliphatic carbocycles. The van der Waals surface area contributed by atoms with E-state index in [1.807, 2.05) is 0 Å². The van der Waals surface area contributed by atoms with Gasteiger partial charge in [0.15, 0.2) is 0 Å². The Morgan fingerprint density at radius 2 is 2.19 bits per heavy atom. The topological polar surface area (TPSA) is 103 Å². The minimum atomic E-state index is -5.09. The lowest BCUT2D eigenvalue weighted by atomic mass is 9.99. The Hall–Kier alpha value is -1.72. The molecular formula is C15H20F3N3O4S. The number of thiazole rings is 1. The van der Waals surface area contributed by atoms with Crippen molar-refractivity contribution in [1.82, 2.24) is 15.2 Å². The minimum Gasteiger partial charge on any atom is -0.389 e.